The second-order valence-electron chi connectivity index (χ2n) is 6.08. The minimum absolute atomic E-state index is 0.0327. The molecule has 5 heteroatoms. The minimum Gasteiger partial charge on any atom is -0.342 e. The molecule has 1 aliphatic heterocycles. The second-order valence-corrected chi connectivity index (χ2v) is 6.08. The Balaban J connectivity index is 2.41. The fraction of sp³-hybridized carbons (Fsp3) is 0.875. The van der Waals surface area contributed by atoms with Crippen LogP contribution >= 0.6 is 0 Å². The van der Waals surface area contributed by atoms with Crippen molar-refractivity contribution in [2.75, 3.05) is 39.8 Å². The quantitative estimate of drug-likeness (QED) is 0.771. The zero-order valence-electron chi connectivity index (χ0n) is 14.0. The van der Waals surface area contributed by atoms with E-state index in [2.05, 4.69) is 12.2 Å². The molecule has 0 bridgehead atoms. The van der Waals surface area contributed by atoms with Gasteiger partial charge in [-0.1, -0.05) is 6.92 Å². The van der Waals surface area contributed by atoms with E-state index in [-0.39, 0.29) is 18.4 Å². The maximum Gasteiger partial charge on any atom is 0.242 e. The molecule has 0 aromatic heterocycles. The normalized spacial score (nSPS) is 17.3. The van der Waals surface area contributed by atoms with Crippen molar-refractivity contribution in [1.82, 2.24) is 15.1 Å². The molecule has 5 nitrogen and oxygen atoms in total. The summed E-state index contributed by atoms with van der Waals surface area (Å²) in [5.74, 6) is 1.14. The van der Waals surface area contributed by atoms with Gasteiger partial charge in [0, 0.05) is 26.6 Å². The van der Waals surface area contributed by atoms with Crippen LogP contribution in [-0.4, -0.2) is 61.4 Å². The summed E-state index contributed by atoms with van der Waals surface area (Å²) in [4.78, 5) is 27.6. The van der Waals surface area contributed by atoms with Gasteiger partial charge in [0.2, 0.25) is 11.8 Å². The Kier molecular flexibility index (Phi) is 7.72. The Bertz CT molecular complexity index is 336. The van der Waals surface area contributed by atoms with Gasteiger partial charge in [0.1, 0.15) is 0 Å². The molecule has 21 heavy (non-hydrogen) atoms. The average Bonchev–Trinajstić information content (AvgIpc) is 2.49. The van der Waals surface area contributed by atoms with Gasteiger partial charge in [-0.05, 0) is 51.6 Å². The first-order valence-electron chi connectivity index (χ1n) is 8.22. The third-order valence-electron chi connectivity index (χ3n) is 4.60. The summed E-state index contributed by atoms with van der Waals surface area (Å²) in [5.41, 5.74) is 0. The fourth-order valence-corrected chi connectivity index (χ4v) is 2.98. The lowest BCUT2D eigenvalue weighted by atomic mass is 9.84. The SMILES string of the molecule is CCN(CC)C(=O)CN(C)C(=O)CC(C)C1CCNCC1. The van der Waals surface area contributed by atoms with Gasteiger partial charge in [0.15, 0.2) is 0 Å². The zero-order chi connectivity index (χ0) is 15.8. The highest BCUT2D eigenvalue weighted by Gasteiger charge is 2.24. The first-order chi connectivity index (χ1) is 9.99. The second kappa shape index (κ2) is 9.03. The summed E-state index contributed by atoms with van der Waals surface area (Å²) < 4.78 is 0. The number of rotatable bonds is 7. The van der Waals surface area contributed by atoms with Gasteiger partial charge in [0.05, 0.1) is 6.54 Å². The van der Waals surface area contributed by atoms with E-state index in [1.54, 1.807) is 16.8 Å². The molecule has 0 aromatic carbocycles. The van der Waals surface area contributed by atoms with Crippen LogP contribution in [0.4, 0.5) is 0 Å². The van der Waals surface area contributed by atoms with E-state index in [4.69, 9.17) is 0 Å². The molecule has 1 N–H and O–H groups in total. The molecule has 0 saturated carbocycles. The highest BCUT2D eigenvalue weighted by atomic mass is 16.2. The lowest BCUT2D eigenvalue weighted by Crippen LogP contribution is -2.41. The van der Waals surface area contributed by atoms with Gasteiger partial charge in [-0.2, -0.15) is 0 Å². The molecule has 1 saturated heterocycles. The molecule has 0 radical (unpaired) electrons. The van der Waals surface area contributed by atoms with Crippen LogP contribution in [0, 0.1) is 11.8 Å². The maximum absolute atomic E-state index is 12.3. The third kappa shape index (κ3) is 5.65. The highest BCUT2D eigenvalue weighted by Crippen LogP contribution is 2.24. The smallest absolute Gasteiger partial charge is 0.242 e. The molecule has 1 aliphatic rings. The molecule has 0 spiro atoms. The van der Waals surface area contributed by atoms with Crippen molar-refractivity contribution in [2.24, 2.45) is 11.8 Å². The highest BCUT2D eigenvalue weighted by molar-refractivity contribution is 5.84. The largest absolute Gasteiger partial charge is 0.342 e. The molecule has 1 fully saturated rings. The van der Waals surface area contributed by atoms with Crippen LogP contribution in [0.15, 0.2) is 0 Å². The van der Waals surface area contributed by atoms with E-state index >= 15 is 0 Å². The summed E-state index contributed by atoms with van der Waals surface area (Å²) in [7, 11) is 1.73. The first kappa shape index (κ1) is 18.0. The van der Waals surface area contributed by atoms with E-state index < -0.39 is 0 Å². The van der Waals surface area contributed by atoms with Crippen LogP contribution in [0.3, 0.4) is 0 Å². The van der Waals surface area contributed by atoms with Crippen molar-refractivity contribution < 1.29 is 9.59 Å². The van der Waals surface area contributed by atoms with Gasteiger partial charge in [0.25, 0.3) is 0 Å². The third-order valence-corrected chi connectivity index (χ3v) is 4.60. The average molecular weight is 297 g/mol. The van der Waals surface area contributed by atoms with Gasteiger partial charge in [-0.25, -0.2) is 0 Å². The van der Waals surface area contributed by atoms with Crippen LogP contribution in [0.2, 0.25) is 0 Å². The monoisotopic (exact) mass is 297 g/mol. The number of carbonyl (C=O) groups is 2. The van der Waals surface area contributed by atoms with Crippen LogP contribution in [0.1, 0.15) is 40.0 Å². The predicted molar refractivity (Wildman–Crippen MR) is 84.9 cm³/mol. The summed E-state index contributed by atoms with van der Waals surface area (Å²) in [6.07, 6.45) is 2.85. The Morgan fingerprint density at radius 2 is 1.71 bits per heavy atom. The number of likely N-dealkylation sites (N-methyl/N-ethyl adjacent to an activating group) is 2. The summed E-state index contributed by atoms with van der Waals surface area (Å²) in [6.45, 7) is 9.78. The van der Waals surface area contributed by atoms with Gasteiger partial charge in [-0.3, -0.25) is 9.59 Å². The van der Waals surface area contributed by atoms with Crippen molar-refractivity contribution in [3.05, 3.63) is 0 Å². The Morgan fingerprint density at radius 3 is 2.24 bits per heavy atom. The van der Waals surface area contributed by atoms with E-state index in [9.17, 15) is 9.59 Å². The Hall–Kier alpha value is -1.10. The fourth-order valence-electron chi connectivity index (χ4n) is 2.98. The van der Waals surface area contributed by atoms with Crippen molar-refractivity contribution >= 4 is 11.8 Å². The number of hydrogen-bond acceptors (Lipinski definition) is 3. The Morgan fingerprint density at radius 1 is 1.14 bits per heavy atom. The maximum atomic E-state index is 12.3. The summed E-state index contributed by atoms with van der Waals surface area (Å²) >= 11 is 0. The van der Waals surface area contributed by atoms with Crippen LogP contribution in [0.5, 0.6) is 0 Å². The lowest BCUT2D eigenvalue weighted by Gasteiger charge is -2.29. The summed E-state index contributed by atoms with van der Waals surface area (Å²) in [6, 6.07) is 0. The molecule has 2 amide bonds. The van der Waals surface area contributed by atoms with E-state index in [1.165, 1.54) is 0 Å². The number of amides is 2. The number of nitrogens with zero attached hydrogens (tertiary/aromatic N) is 2. The van der Waals surface area contributed by atoms with Crippen molar-refractivity contribution in [2.45, 2.75) is 40.0 Å². The van der Waals surface area contributed by atoms with Crippen LogP contribution in [0.25, 0.3) is 0 Å². The predicted octanol–water partition coefficient (Wildman–Crippen LogP) is 1.34. The minimum atomic E-state index is 0.0327. The van der Waals surface area contributed by atoms with Crippen molar-refractivity contribution in [1.29, 1.82) is 0 Å². The van der Waals surface area contributed by atoms with Crippen LogP contribution < -0.4 is 5.32 Å². The molecular formula is C16H31N3O2. The molecular weight excluding hydrogens is 266 g/mol. The Labute approximate surface area is 129 Å². The van der Waals surface area contributed by atoms with Crippen molar-refractivity contribution in [3.8, 4) is 0 Å². The van der Waals surface area contributed by atoms with Gasteiger partial charge in [-0.15, -0.1) is 0 Å². The summed E-state index contributed by atoms with van der Waals surface area (Å²) in [5, 5.41) is 3.35. The molecule has 0 aliphatic carbocycles. The van der Waals surface area contributed by atoms with E-state index in [1.807, 2.05) is 13.8 Å². The van der Waals surface area contributed by atoms with Crippen LogP contribution in [-0.2, 0) is 9.59 Å². The number of hydrogen-bond donors (Lipinski definition) is 1. The molecule has 0 aromatic rings. The zero-order valence-corrected chi connectivity index (χ0v) is 14.0. The lowest BCUT2D eigenvalue weighted by molar-refractivity contribution is -0.139. The molecule has 122 valence electrons. The molecule has 1 unspecified atom stereocenters. The van der Waals surface area contributed by atoms with E-state index in [0.29, 0.717) is 31.3 Å². The first-order valence-corrected chi connectivity index (χ1v) is 8.22. The van der Waals surface area contributed by atoms with Crippen molar-refractivity contribution in [3.63, 3.8) is 0 Å². The number of nitrogens with one attached hydrogen (secondary N) is 1. The van der Waals surface area contributed by atoms with E-state index in [0.717, 1.165) is 25.9 Å². The number of carbonyl (C=O) groups excluding carboxylic acids is 2. The van der Waals surface area contributed by atoms with Gasteiger partial charge >= 0.3 is 0 Å². The van der Waals surface area contributed by atoms with Gasteiger partial charge < -0.3 is 15.1 Å². The molecule has 1 rings (SSSR count). The molecule has 1 atom stereocenters. The molecule has 1 heterocycles. The standard InChI is InChI=1S/C16H31N3O2/c1-5-19(6-2)16(21)12-18(4)15(20)11-13(3)14-7-9-17-10-8-14/h13-14,17H,5-12H2,1-4H3. The topological polar surface area (TPSA) is 52.7 Å². The number of piperidine rings is 1.